The van der Waals surface area contributed by atoms with E-state index in [1.54, 1.807) is 0 Å². The number of hydrogen-bond acceptors (Lipinski definition) is 1. The molecule has 0 unspecified atom stereocenters. The molecule has 0 heterocycles. The van der Waals surface area contributed by atoms with Gasteiger partial charge in [-0.05, 0) is 0 Å². The molecule has 0 aliphatic heterocycles. The minimum atomic E-state index is -2.36. The van der Waals surface area contributed by atoms with E-state index in [9.17, 15) is 0 Å². The van der Waals surface area contributed by atoms with Crippen LogP contribution in [0.2, 0.25) is 0 Å². The Balaban J connectivity index is 2.39. The molecule has 0 saturated carbocycles. The van der Waals surface area contributed by atoms with E-state index < -0.39 is 20.1 Å². The Labute approximate surface area is 81.8 Å². The van der Waals surface area contributed by atoms with E-state index in [0.717, 1.165) is 5.56 Å². The van der Waals surface area contributed by atoms with Crippen LogP contribution in [0.1, 0.15) is 5.56 Å². The fourth-order valence-corrected chi connectivity index (χ4v) is 2.34. The number of rotatable bonds is 3. The van der Waals surface area contributed by atoms with Gasteiger partial charge in [-0.1, -0.05) is 0 Å². The molecule has 0 N–H and O–H groups in total. The van der Waals surface area contributed by atoms with E-state index >= 15 is 0 Å². The summed E-state index contributed by atoms with van der Waals surface area (Å²) in [5, 5.41) is 0. The predicted molar refractivity (Wildman–Crippen MR) is 48.7 cm³/mol. The third-order valence-corrected chi connectivity index (χ3v) is 3.87. The topological polar surface area (TPSA) is 9.23 Å². The van der Waals surface area contributed by atoms with Crippen molar-refractivity contribution in [3.63, 3.8) is 0 Å². The summed E-state index contributed by atoms with van der Waals surface area (Å²) in [7, 11) is 11.1. The van der Waals surface area contributed by atoms with Crippen molar-refractivity contribution in [1.29, 1.82) is 0 Å². The van der Waals surface area contributed by atoms with Crippen LogP contribution in [0.3, 0.4) is 0 Å². The van der Waals surface area contributed by atoms with E-state index in [2.05, 4.69) is 0 Å². The Hall–Kier alpha value is 0.656. The molecule has 0 spiro atoms. The first kappa shape index (κ1) is 9.74. The fourth-order valence-electron chi connectivity index (χ4n) is 0.687. The van der Waals surface area contributed by atoms with Gasteiger partial charge in [0.1, 0.15) is 0 Å². The van der Waals surface area contributed by atoms with Crippen molar-refractivity contribution in [1.82, 2.24) is 0 Å². The maximum absolute atomic E-state index is 5.57. The number of benzene rings is 1. The first-order valence-electron chi connectivity index (χ1n) is 3.03. The Morgan fingerprint density at radius 1 is 1.18 bits per heavy atom. The summed E-state index contributed by atoms with van der Waals surface area (Å²) in [5.74, 6) is 0. The summed E-state index contributed by atoms with van der Waals surface area (Å²) in [4.78, 5) is 0. The average molecular weight is 387 g/mol. The summed E-state index contributed by atoms with van der Waals surface area (Å²) >= 11 is -2.36. The molecule has 0 amide bonds. The zero-order valence-corrected chi connectivity index (χ0v) is 10.4. The van der Waals surface area contributed by atoms with Gasteiger partial charge in [0.05, 0.1) is 0 Å². The summed E-state index contributed by atoms with van der Waals surface area (Å²) in [6.45, 7) is 0.543. The predicted octanol–water partition coefficient (Wildman–Crippen LogP) is 2.67. The number of hydrogen-bond donors (Lipinski definition) is 0. The summed E-state index contributed by atoms with van der Waals surface area (Å²) in [6, 6.07) is 9.86. The second-order valence-electron chi connectivity index (χ2n) is 1.93. The Kier molecular flexibility index (Phi) is 4.72. The van der Waals surface area contributed by atoms with Crippen LogP contribution >= 0.6 is 16.9 Å². The molecule has 1 aromatic rings. The van der Waals surface area contributed by atoms with Crippen LogP contribution in [-0.4, -0.2) is 20.1 Å². The van der Waals surface area contributed by atoms with Crippen LogP contribution in [0, 0.1) is 0 Å². The molecule has 0 aliphatic carbocycles. The Bertz CT molecular complexity index is 203. The SMILES string of the molecule is [Cl][Po]([Cl])[O]Cc1ccccc1. The molecule has 1 aromatic carbocycles. The van der Waals surface area contributed by atoms with Gasteiger partial charge in [-0.3, -0.25) is 0 Å². The van der Waals surface area contributed by atoms with Crippen molar-refractivity contribution in [3.05, 3.63) is 35.9 Å². The van der Waals surface area contributed by atoms with Crippen LogP contribution in [0.4, 0.5) is 0 Å². The van der Waals surface area contributed by atoms with Gasteiger partial charge in [-0.2, -0.15) is 0 Å². The molecule has 1 radical (unpaired) electrons. The second kappa shape index (κ2) is 5.33. The monoisotopic (exact) mass is 386 g/mol. The molecular weight excluding hydrogens is 380 g/mol. The normalized spacial score (nSPS) is 10.5. The van der Waals surface area contributed by atoms with Crippen LogP contribution in [0.25, 0.3) is 0 Å². The number of halogens is 2. The first-order chi connectivity index (χ1) is 5.29. The van der Waals surface area contributed by atoms with Gasteiger partial charge in [-0.15, -0.1) is 0 Å². The van der Waals surface area contributed by atoms with Crippen LogP contribution in [0.15, 0.2) is 30.3 Å². The Morgan fingerprint density at radius 3 is 2.36 bits per heavy atom. The summed E-state index contributed by atoms with van der Waals surface area (Å²) < 4.78 is 5.15. The van der Waals surface area contributed by atoms with Crippen molar-refractivity contribution < 1.29 is 2.77 Å². The van der Waals surface area contributed by atoms with Gasteiger partial charge < -0.3 is 0 Å². The molecule has 1 nitrogen and oxygen atoms in total. The zero-order chi connectivity index (χ0) is 8.10. The Morgan fingerprint density at radius 2 is 1.82 bits per heavy atom. The molecule has 4 heteroatoms. The molecule has 0 bridgehead atoms. The second-order valence-corrected chi connectivity index (χ2v) is 10.6. The van der Waals surface area contributed by atoms with Crippen molar-refractivity contribution in [3.8, 4) is 0 Å². The fraction of sp³-hybridized carbons (Fsp3) is 0.143. The van der Waals surface area contributed by atoms with Crippen LogP contribution in [0.5, 0.6) is 0 Å². The summed E-state index contributed by atoms with van der Waals surface area (Å²) in [6.07, 6.45) is 0. The van der Waals surface area contributed by atoms with E-state index in [0.29, 0.717) is 6.61 Å². The van der Waals surface area contributed by atoms with E-state index in [-0.39, 0.29) is 0 Å². The van der Waals surface area contributed by atoms with Crippen molar-refractivity contribution in [2.24, 2.45) is 0 Å². The molecule has 0 fully saturated rings. The van der Waals surface area contributed by atoms with Crippen LogP contribution in [-0.2, 0) is 9.38 Å². The molecule has 61 valence electrons. The average Bonchev–Trinajstić information content (AvgIpc) is 2.03. The van der Waals surface area contributed by atoms with Crippen LogP contribution < -0.4 is 0 Å². The molecular formula is C7H7Cl2OPo. The van der Waals surface area contributed by atoms with Crippen molar-refractivity contribution >= 4 is 37.0 Å². The quantitative estimate of drug-likeness (QED) is 0.776. The van der Waals surface area contributed by atoms with Gasteiger partial charge in [0.25, 0.3) is 0 Å². The molecule has 11 heavy (non-hydrogen) atoms. The third kappa shape index (κ3) is 4.28. The van der Waals surface area contributed by atoms with Gasteiger partial charge >= 0.3 is 82.3 Å². The maximum atomic E-state index is 5.57. The summed E-state index contributed by atoms with van der Waals surface area (Å²) in [5.41, 5.74) is 1.12. The molecule has 0 saturated heterocycles. The van der Waals surface area contributed by atoms with E-state index in [1.807, 2.05) is 30.3 Å². The molecule has 0 aliphatic rings. The standard InChI is InChI=1S/C7H7O.2ClH.Po/c8-6-7-4-2-1-3-5-7;;;/h1-5H,6H2;2*1H;/q-1;;;+3/p-2. The van der Waals surface area contributed by atoms with Crippen molar-refractivity contribution in [2.75, 3.05) is 0 Å². The van der Waals surface area contributed by atoms with Gasteiger partial charge in [-0.25, -0.2) is 0 Å². The van der Waals surface area contributed by atoms with E-state index in [1.165, 1.54) is 0 Å². The molecule has 0 aromatic heterocycles. The third-order valence-electron chi connectivity index (χ3n) is 1.16. The van der Waals surface area contributed by atoms with E-state index in [4.69, 9.17) is 19.7 Å². The van der Waals surface area contributed by atoms with Gasteiger partial charge in [0.15, 0.2) is 0 Å². The molecule has 0 atom stereocenters. The van der Waals surface area contributed by atoms with Gasteiger partial charge in [0, 0.05) is 0 Å². The first-order valence-corrected chi connectivity index (χ1v) is 12.1. The zero-order valence-electron chi connectivity index (χ0n) is 5.67. The van der Waals surface area contributed by atoms with Crippen molar-refractivity contribution in [2.45, 2.75) is 6.61 Å². The van der Waals surface area contributed by atoms with Gasteiger partial charge in [0.2, 0.25) is 0 Å². The molecule has 1 rings (SSSR count). The minimum absolute atomic E-state index is 0.543.